The summed E-state index contributed by atoms with van der Waals surface area (Å²) in [6, 6.07) is 7.79. The molecule has 1 aromatic carbocycles. The van der Waals surface area contributed by atoms with Crippen molar-refractivity contribution in [3.05, 3.63) is 36.7 Å². The van der Waals surface area contributed by atoms with Crippen LogP contribution in [0.25, 0.3) is 0 Å². The van der Waals surface area contributed by atoms with Crippen LogP contribution in [0.1, 0.15) is 0 Å². The van der Waals surface area contributed by atoms with Crippen LogP contribution >= 0.6 is 0 Å². The summed E-state index contributed by atoms with van der Waals surface area (Å²) in [5, 5.41) is 0. The Hall–Kier alpha value is -2.17. The molecule has 0 amide bonds. The number of hydrogen-bond acceptors (Lipinski definition) is 3. The van der Waals surface area contributed by atoms with Crippen LogP contribution in [0, 0.1) is 0 Å². The van der Waals surface area contributed by atoms with Gasteiger partial charge in [0.2, 0.25) is 0 Å². The molecule has 0 atom stereocenters. The average molecular weight is 248 g/mol. The van der Waals surface area contributed by atoms with Gasteiger partial charge in [0.05, 0.1) is 26.5 Å². The van der Waals surface area contributed by atoms with Crippen LogP contribution in [0.15, 0.2) is 36.7 Å². The van der Waals surface area contributed by atoms with Crippen molar-refractivity contribution < 1.29 is 4.57 Å². The van der Waals surface area contributed by atoms with Gasteiger partial charge in [-0.05, 0) is 24.3 Å². The number of hydrogen-bond donors (Lipinski definition) is 2. The highest BCUT2D eigenvalue weighted by Crippen LogP contribution is 2.12. The number of aromatic nitrogens is 2. The molecular formula is C13H22N5+. The zero-order valence-corrected chi connectivity index (χ0v) is 11.5. The molecule has 2 rings (SSSR count). The zero-order chi connectivity index (χ0) is 13.7. The Labute approximate surface area is 108 Å². The normalized spacial score (nSPS) is 9.56. The van der Waals surface area contributed by atoms with Crippen molar-refractivity contribution in [2.75, 3.05) is 30.5 Å². The van der Waals surface area contributed by atoms with E-state index in [4.69, 9.17) is 11.5 Å². The van der Waals surface area contributed by atoms with Crippen LogP contribution in [-0.2, 0) is 14.1 Å². The van der Waals surface area contributed by atoms with E-state index in [-0.39, 0.29) is 0 Å². The van der Waals surface area contributed by atoms with E-state index in [1.165, 1.54) is 5.69 Å². The second-order valence-electron chi connectivity index (χ2n) is 4.36. The van der Waals surface area contributed by atoms with Crippen molar-refractivity contribution in [3.63, 3.8) is 0 Å². The minimum Gasteiger partial charge on any atom is -0.399 e. The molecule has 1 heterocycles. The molecule has 0 unspecified atom stereocenters. The van der Waals surface area contributed by atoms with Crippen molar-refractivity contribution >= 4 is 17.3 Å². The van der Waals surface area contributed by atoms with Gasteiger partial charge in [-0.15, -0.1) is 0 Å². The average Bonchev–Trinajstić information content (AvgIpc) is 2.62. The molecule has 1 aromatic heterocycles. The lowest BCUT2D eigenvalue weighted by molar-refractivity contribution is -0.655. The molecule has 0 spiro atoms. The highest BCUT2D eigenvalue weighted by Gasteiger charge is 2.00. The first-order valence-electron chi connectivity index (χ1n) is 5.71. The number of nitrogen functional groups attached to an aromatic ring is 2. The van der Waals surface area contributed by atoms with Crippen LogP contribution < -0.4 is 20.9 Å². The number of rotatable bonds is 1. The number of anilines is 3. The second kappa shape index (κ2) is 5.95. The van der Waals surface area contributed by atoms with E-state index in [0.717, 1.165) is 11.6 Å². The Kier molecular flexibility index (Phi) is 4.59. The van der Waals surface area contributed by atoms with Crippen molar-refractivity contribution in [2.45, 2.75) is 0 Å². The Morgan fingerprint density at radius 2 is 1.67 bits per heavy atom. The molecular weight excluding hydrogens is 226 g/mol. The van der Waals surface area contributed by atoms with E-state index in [9.17, 15) is 0 Å². The Bertz CT molecular complexity index is 465. The van der Waals surface area contributed by atoms with Gasteiger partial charge in [0.15, 0.2) is 0 Å². The van der Waals surface area contributed by atoms with Gasteiger partial charge >= 0.3 is 5.95 Å². The van der Waals surface area contributed by atoms with Gasteiger partial charge in [-0.3, -0.25) is 5.73 Å². The fraction of sp³-hybridized carbons (Fsp3) is 0.308. The number of nitrogens with two attached hydrogens (primary N) is 2. The maximum atomic E-state index is 5.53. The molecule has 2 aromatic rings. The zero-order valence-electron chi connectivity index (χ0n) is 11.5. The summed E-state index contributed by atoms with van der Waals surface area (Å²) in [4.78, 5) is 2.04. The van der Waals surface area contributed by atoms with E-state index >= 15 is 0 Å². The van der Waals surface area contributed by atoms with Crippen LogP contribution in [0.4, 0.5) is 17.3 Å². The molecule has 0 radical (unpaired) electrons. The third-order valence-electron chi connectivity index (χ3n) is 2.65. The minimum absolute atomic E-state index is 0.769. The quantitative estimate of drug-likeness (QED) is 0.578. The summed E-state index contributed by atoms with van der Waals surface area (Å²) in [6.07, 6.45) is 3.82. The van der Waals surface area contributed by atoms with Crippen molar-refractivity contribution in [2.24, 2.45) is 14.1 Å². The molecule has 5 heteroatoms. The Morgan fingerprint density at radius 1 is 1.11 bits per heavy atom. The van der Waals surface area contributed by atoms with Gasteiger partial charge in [0, 0.05) is 25.5 Å². The first-order valence-corrected chi connectivity index (χ1v) is 5.71. The van der Waals surface area contributed by atoms with E-state index < -0.39 is 0 Å². The van der Waals surface area contributed by atoms with E-state index in [0.29, 0.717) is 0 Å². The molecule has 0 saturated carbocycles. The summed E-state index contributed by atoms with van der Waals surface area (Å²) in [5.74, 6) is 0.769. The Morgan fingerprint density at radius 3 is 1.94 bits per heavy atom. The summed E-state index contributed by atoms with van der Waals surface area (Å²) in [6.45, 7) is 0. The number of benzene rings is 1. The molecule has 0 aliphatic carbocycles. The lowest BCUT2D eigenvalue weighted by Gasteiger charge is -2.11. The number of nitrogens with zero attached hydrogens (tertiary/aromatic N) is 3. The van der Waals surface area contributed by atoms with Gasteiger partial charge in [0.25, 0.3) is 0 Å². The summed E-state index contributed by atoms with van der Waals surface area (Å²) in [7, 11) is 7.84. The highest BCUT2D eigenvalue weighted by molar-refractivity contribution is 5.51. The van der Waals surface area contributed by atoms with Crippen molar-refractivity contribution in [3.8, 4) is 0 Å². The van der Waals surface area contributed by atoms with Gasteiger partial charge in [0.1, 0.15) is 0 Å². The lowest BCUT2D eigenvalue weighted by atomic mass is 10.3. The van der Waals surface area contributed by atoms with E-state index in [1.54, 1.807) is 0 Å². The first kappa shape index (κ1) is 13.9. The number of imidazole rings is 1. The predicted molar refractivity (Wildman–Crippen MR) is 76.2 cm³/mol. The van der Waals surface area contributed by atoms with Crippen LogP contribution in [0.2, 0.25) is 0 Å². The molecule has 0 aliphatic rings. The minimum atomic E-state index is 0.769. The molecule has 0 bridgehead atoms. The van der Waals surface area contributed by atoms with Crippen LogP contribution in [-0.4, -0.2) is 18.7 Å². The lowest BCUT2D eigenvalue weighted by Crippen LogP contribution is -2.29. The van der Waals surface area contributed by atoms with Crippen LogP contribution in [0.5, 0.6) is 0 Å². The molecule has 5 nitrogen and oxygen atoms in total. The molecule has 0 saturated heterocycles. The summed E-state index contributed by atoms with van der Waals surface area (Å²) < 4.78 is 3.72. The van der Waals surface area contributed by atoms with Crippen molar-refractivity contribution in [1.29, 1.82) is 0 Å². The van der Waals surface area contributed by atoms with Gasteiger partial charge in [-0.2, -0.15) is 0 Å². The van der Waals surface area contributed by atoms with Gasteiger partial charge in [-0.1, -0.05) is 0 Å². The first-order chi connectivity index (χ1) is 8.41. The maximum absolute atomic E-state index is 5.53. The molecule has 18 heavy (non-hydrogen) atoms. The van der Waals surface area contributed by atoms with Crippen LogP contribution in [0.3, 0.4) is 0 Å². The predicted octanol–water partition coefficient (Wildman–Crippen LogP) is 0.767. The largest absolute Gasteiger partial charge is 0.399 e. The molecule has 4 N–H and O–H groups in total. The monoisotopic (exact) mass is 248 g/mol. The SMILES string of the molecule is CN(C)c1ccc(N)cc1.Cn1cc[n+](C)c1N. The fourth-order valence-electron chi connectivity index (χ4n) is 1.37. The summed E-state index contributed by atoms with van der Waals surface area (Å²) in [5.41, 5.74) is 13.0. The van der Waals surface area contributed by atoms with E-state index in [1.807, 2.05) is 78.9 Å². The maximum Gasteiger partial charge on any atom is 0.354 e. The van der Waals surface area contributed by atoms with E-state index in [2.05, 4.69) is 0 Å². The second-order valence-corrected chi connectivity index (χ2v) is 4.36. The Balaban J connectivity index is 0.000000184. The standard InChI is InChI=1S/C8H12N2.C5H9N3/c1-10(2)8-5-3-7(9)4-6-8;1-7-3-4-8(2)5(7)6/h3-6H,9H2,1-2H3;3-4,6H,1-2H3/p+1. The molecule has 0 aliphatic heterocycles. The van der Waals surface area contributed by atoms with Crippen molar-refractivity contribution in [1.82, 2.24) is 4.57 Å². The van der Waals surface area contributed by atoms with Gasteiger partial charge < -0.3 is 10.6 Å². The number of aryl methyl sites for hydroxylation is 2. The molecule has 0 fully saturated rings. The third kappa shape index (κ3) is 3.69. The topological polar surface area (TPSA) is 64.1 Å². The fourth-order valence-corrected chi connectivity index (χ4v) is 1.37. The smallest absolute Gasteiger partial charge is 0.354 e. The summed E-state index contributed by atoms with van der Waals surface area (Å²) >= 11 is 0. The third-order valence-corrected chi connectivity index (χ3v) is 2.65. The van der Waals surface area contributed by atoms with Gasteiger partial charge in [-0.25, -0.2) is 9.13 Å². The molecule has 98 valence electrons. The highest BCUT2D eigenvalue weighted by atomic mass is 15.2.